The largest absolute Gasteiger partial charge is 0.347 e. The summed E-state index contributed by atoms with van der Waals surface area (Å²) in [5.41, 5.74) is 0. The van der Waals surface area contributed by atoms with Crippen LogP contribution < -0.4 is 5.32 Å². The number of Topliss-reactive ketones (excluding diaryl/α,β-unsaturated/α-hetero) is 1. The molecule has 1 N–H and O–H groups in total. The maximum absolute atomic E-state index is 11.6. The third-order valence-electron chi connectivity index (χ3n) is 4.37. The average molecular weight is 350 g/mol. The fourth-order valence-corrected chi connectivity index (χ4v) is 2.53. The van der Waals surface area contributed by atoms with Gasteiger partial charge in [0.05, 0.1) is 6.04 Å². The van der Waals surface area contributed by atoms with Gasteiger partial charge in [-0.2, -0.15) is 0 Å². The first-order valence-corrected chi connectivity index (χ1v) is 10.2. The number of carbonyl (C=O) groups excluding carboxylic acids is 2. The Morgan fingerprint density at radius 1 is 0.840 bits per heavy atom. The zero-order valence-electron chi connectivity index (χ0n) is 16.7. The van der Waals surface area contributed by atoms with E-state index in [2.05, 4.69) is 36.5 Å². The van der Waals surface area contributed by atoms with E-state index in [9.17, 15) is 9.59 Å². The Morgan fingerprint density at radius 3 is 1.92 bits per heavy atom. The van der Waals surface area contributed by atoms with Crippen LogP contribution in [0.25, 0.3) is 0 Å². The molecule has 144 valence electrons. The summed E-state index contributed by atoms with van der Waals surface area (Å²) in [5, 5.41) is 2.72. The lowest BCUT2D eigenvalue weighted by Gasteiger charge is -2.10. The lowest BCUT2D eigenvalue weighted by Crippen LogP contribution is -2.37. The molecule has 0 radical (unpaired) electrons. The van der Waals surface area contributed by atoms with Crippen molar-refractivity contribution in [3.05, 3.63) is 24.3 Å². The highest BCUT2D eigenvalue weighted by atomic mass is 16.2. The van der Waals surface area contributed by atoms with Crippen LogP contribution in [0.3, 0.4) is 0 Å². The standard InChI is InChI=1S/C22H39NO2/c1-4-5-6-7-8-9-10-11-12-13-14-15-16-17-18-19-22(25)23-20(2)21(3)24/h9-12,20H,4-8,13-19H2,1-3H3,(H,23,25)/b10-9+,12-11-. The van der Waals surface area contributed by atoms with Crippen molar-refractivity contribution < 1.29 is 9.59 Å². The van der Waals surface area contributed by atoms with E-state index in [1.807, 2.05) is 0 Å². The van der Waals surface area contributed by atoms with Gasteiger partial charge in [-0.05, 0) is 46.0 Å². The second-order valence-corrected chi connectivity index (χ2v) is 6.91. The third kappa shape index (κ3) is 17.2. The molecule has 0 saturated carbocycles. The molecular formula is C22H39NO2. The molecule has 0 fully saturated rings. The smallest absolute Gasteiger partial charge is 0.220 e. The minimum Gasteiger partial charge on any atom is -0.347 e. The summed E-state index contributed by atoms with van der Waals surface area (Å²) in [5.74, 6) is -0.000132. The molecule has 1 amide bonds. The van der Waals surface area contributed by atoms with Crippen LogP contribution in [-0.4, -0.2) is 17.7 Å². The number of amides is 1. The SMILES string of the molecule is CCCCCC/C=C/C=C\CCCCCCCC(=O)NC(C)C(C)=O. The van der Waals surface area contributed by atoms with Crippen molar-refractivity contribution in [1.29, 1.82) is 0 Å². The molecule has 3 nitrogen and oxygen atoms in total. The second kappa shape index (κ2) is 17.4. The van der Waals surface area contributed by atoms with Crippen LogP contribution >= 0.6 is 0 Å². The number of hydrogen-bond acceptors (Lipinski definition) is 2. The molecule has 0 bridgehead atoms. The third-order valence-corrected chi connectivity index (χ3v) is 4.37. The fourth-order valence-electron chi connectivity index (χ4n) is 2.53. The van der Waals surface area contributed by atoms with Crippen LogP contribution in [0.1, 0.15) is 97.8 Å². The predicted molar refractivity (Wildman–Crippen MR) is 108 cm³/mol. The lowest BCUT2D eigenvalue weighted by molar-refractivity contribution is -0.126. The Kier molecular flexibility index (Phi) is 16.5. The maximum atomic E-state index is 11.6. The lowest BCUT2D eigenvalue weighted by atomic mass is 10.1. The molecule has 1 atom stereocenters. The summed E-state index contributed by atoms with van der Waals surface area (Å²) in [6.45, 7) is 5.48. The Morgan fingerprint density at radius 2 is 1.36 bits per heavy atom. The molecule has 25 heavy (non-hydrogen) atoms. The average Bonchev–Trinajstić information content (AvgIpc) is 2.58. The monoisotopic (exact) mass is 349 g/mol. The Hall–Kier alpha value is -1.38. The first-order valence-electron chi connectivity index (χ1n) is 10.2. The van der Waals surface area contributed by atoms with Crippen molar-refractivity contribution in [3.63, 3.8) is 0 Å². The number of rotatable bonds is 16. The minimum atomic E-state index is -0.357. The van der Waals surface area contributed by atoms with Gasteiger partial charge in [0.1, 0.15) is 0 Å². The van der Waals surface area contributed by atoms with Crippen molar-refractivity contribution in [2.75, 3.05) is 0 Å². The van der Waals surface area contributed by atoms with Gasteiger partial charge in [-0.3, -0.25) is 9.59 Å². The molecule has 3 heteroatoms. The van der Waals surface area contributed by atoms with Gasteiger partial charge >= 0.3 is 0 Å². The van der Waals surface area contributed by atoms with Gasteiger partial charge < -0.3 is 5.32 Å². The highest BCUT2D eigenvalue weighted by molar-refractivity contribution is 5.86. The molecule has 0 aromatic rings. The maximum Gasteiger partial charge on any atom is 0.220 e. The van der Waals surface area contributed by atoms with E-state index in [4.69, 9.17) is 0 Å². The van der Waals surface area contributed by atoms with Crippen LogP contribution in [0.2, 0.25) is 0 Å². The quantitative estimate of drug-likeness (QED) is 0.279. The van der Waals surface area contributed by atoms with Gasteiger partial charge in [0, 0.05) is 6.42 Å². The molecule has 0 aromatic carbocycles. The summed E-state index contributed by atoms with van der Waals surface area (Å²) in [7, 11) is 0. The Bertz CT molecular complexity index is 399. The summed E-state index contributed by atoms with van der Waals surface area (Å²) in [4.78, 5) is 22.7. The highest BCUT2D eigenvalue weighted by Gasteiger charge is 2.10. The van der Waals surface area contributed by atoms with Crippen molar-refractivity contribution in [3.8, 4) is 0 Å². The van der Waals surface area contributed by atoms with Crippen LogP contribution in [0, 0.1) is 0 Å². The zero-order chi connectivity index (χ0) is 18.8. The number of allylic oxidation sites excluding steroid dienone is 4. The van der Waals surface area contributed by atoms with Crippen molar-refractivity contribution >= 4 is 11.7 Å². The molecule has 0 spiro atoms. The molecule has 0 aromatic heterocycles. The van der Waals surface area contributed by atoms with Crippen LogP contribution in [-0.2, 0) is 9.59 Å². The van der Waals surface area contributed by atoms with Crippen molar-refractivity contribution in [2.24, 2.45) is 0 Å². The predicted octanol–water partition coefficient (Wildman–Crippen LogP) is 5.89. The fraction of sp³-hybridized carbons (Fsp3) is 0.727. The van der Waals surface area contributed by atoms with Gasteiger partial charge in [-0.1, -0.05) is 69.8 Å². The summed E-state index contributed by atoms with van der Waals surface area (Å²) in [6, 6.07) is -0.357. The van der Waals surface area contributed by atoms with Crippen LogP contribution in [0.5, 0.6) is 0 Å². The highest BCUT2D eigenvalue weighted by Crippen LogP contribution is 2.08. The molecule has 0 aliphatic heterocycles. The van der Waals surface area contributed by atoms with Crippen LogP contribution in [0.15, 0.2) is 24.3 Å². The van der Waals surface area contributed by atoms with E-state index in [0.29, 0.717) is 6.42 Å². The number of carbonyl (C=O) groups is 2. The first-order chi connectivity index (χ1) is 12.1. The normalized spacial score (nSPS) is 12.8. The topological polar surface area (TPSA) is 46.2 Å². The molecular weight excluding hydrogens is 310 g/mol. The van der Waals surface area contributed by atoms with E-state index >= 15 is 0 Å². The van der Waals surface area contributed by atoms with E-state index in [1.165, 1.54) is 58.3 Å². The van der Waals surface area contributed by atoms with Gasteiger partial charge in [0.2, 0.25) is 5.91 Å². The second-order valence-electron chi connectivity index (χ2n) is 6.91. The summed E-state index contributed by atoms with van der Waals surface area (Å²) >= 11 is 0. The number of ketones is 1. The Balaban J connectivity index is 3.38. The molecule has 0 aliphatic rings. The van der Waals surface area contributed by atoms with Crippen LogP contribution in [0.4, 0.5) is 0 Å². The van der Waals surface area contributed by atoms with Gasteiger partial charge in [-0.25, -0.2) is 0 Å². The van der Waals surface area contributed by atoms with Gasteiger partial charge in [0.25, 0.3) is 0 Å². The van der Waals surface area contributed by atoms with Gasteiger partial charge in [-0.15, -0.1) is 0 Å². The molecule has 0 heterocycles. The number of nitrogens with one attached hydrogen (secondary N) is 1. The van der Waals surface area contributed by atoms with Crippen molar-refractivity contribution in [1.82, 2.24) is 5.32 Å². The Labute approximate surface area is 155 Å². The van der Waals surface area contributed by atoms with E-state index < -0.39 is 0 Å². The zero-order valence-corrected chi connectivity index (χ0v) is 16.7. The molecule has 1 unspecified atom stereocenters. The summed E-state index contributed by atoms with van der Waals surface area (Å²) in [6.07, 6.45) is 22.6. The number of unbranched alkanes of at least 4 members (excludes halogenated alkanes) is 9. The van der Waals surface area contributed by atoms with E-state index in [-0.39, 0.29) is 17.7 Å². The molecule has 0 saturated heterocycles. The van der Waals surface area contributed by atoms with Crippen molar-refractivity contribution in [2.45, 2.75) is 104 Å². The minimum absolute atomic E-state index is 0.00717. The molecule has 0 aliphatic carbocycles. The molecule has 0 rings (SSSR count). The van der Waals surface area contributed by atoms with E-state index in [1.54, 1.807) is 6.92 Å². The summed E-state index contributed by atoms with van der Waals surface area (Å²) < 4.78 is 0. The van der Waals surface area contributed by atoms with Gasteiger partial charge in [0.15, 0.2) is 5.78 Å². The van der Waals surface area contributed by atoms with E-state index in [0.717, 1.165) is 19.3 Å². The number of hydrogen-bond donors (Lipinski definition) is 1. The first kappa shape index (κ1) is 23.6.